The summed E-state index contributed by atoms with van der Waals surface area (Å²) in [6.07, 6.45) is 4.08. The summed E-state index contributed by atoms with van der Waals surface area (Å²) in [6, 6.07) is 5.46. The molecule has 0 spiro atoms. The third kappa shape index (κ3) is 3.55. The number of furan rings is 1. The monoisotopic (exact) mass is 340 g/mol. The van der Waals surface area contributed by atoms with E-state index in [1.54, 1.807) is 17.2 Å². The van der Waals surface area contributed by atoms with Crippen molar-refractivity contribution >= 4 is 17.6 Å². The summed E-state index contributed by atoms with van der Waals surface area (Å²) in [5.74, 6) is 1.81. The summed E-state index contributed by atoms with van der Waals surface area (Å²) >= 11 is 0. The van der Waals surface area contributed by atoms with Gasteiger partial charge in [-0.1, -0.05) is 0 Å². The van der Waals surface area contributed by atoms with Gasteiger partial charge in [-0.2, -0.15) is 0 Å². The van der Waals surface area contributed by atoms with Gasteiger partial charge in [0, 0.05) is 30.6 Å². The first-order chi connectivity index (χ1) is 12.1. The van der Waals surface area contributed by atoms with Gasteiger partial charge in [0.15, 0.2) is 0 Å². The number of anilines is 1. The molecule has 0 radical (unpaired) electrons. The molecule has 3 heterocycles. The van der Waals surface area contributed by atoms with Crippen LogP contribution in [0.15, 0.2) is 28.9 Å². The van der Waals surface area contributed by atoms with Gasteiger partial charge in [0.2, 0.25) is 11.8 Å². The van der Waals surface area contributed by atoms with E-state index >= 15 is 0 Å². The molecule has 1 saturated carbocycles. The molecule has 4 rings (SSSR count). The highest BCUT2D eigenvalue weighted by Gasteiger charge is 2.35. The quantitative estimate of drug-likeness (QED) is 0.902. The molecule has 130 valence electrons. The number of hydrogen-bond acceptors (Lipinski definition) is 5. The highest BCUT2D eigenvalue weighted by atomic mass is 16.3. The Kier molecular flexibility index (Phi) is 3.99. The average Bonchev–Trinajstić information content (AvgIpc) is 3.18. The van der Waals surface area contributed by atoms with Crippen LogP contribution in [0, 0.1) is 12.8 Å². The molecule has 2 fully saturated rings. The highest BCUT2D eigenvalue weighted by molar-refractivity contribution is 5.96. The summed E-state index contributed by atoms with van der Waals surface area (Å²) in [7, 11) is 0. The number of aryl methyl sites for hydroxylation is 1. The van der Waals surface area contributed by atoms with E-state index in [4.69, 9.17) is 4.42 Å². The number of rotatable bonds is 5. The number of amides is 2. The number of carbonyl (C=O) groups excluding carboxylic acids is 2. The van der Waals surface area contributed by atoms with Crippen molar-refractivity contribution in [2.75, 3.05) is 11.9 Å². The topological polar surface area (TPSA) is 88.3 Å². The van der Waals surface area contributed by atoms with E-state index in [2.05, 4.69) is 15.3 Å². The van der Waals surface area contributed by atoms with Crippen LogP contribution in [0.25, 0.3) is 0 Å². The summed E-state index contributed by atoms with van der Waals surface area (Å²) in [5, 5.41) is 2.86. The summed E-state index contributed by atoms with van der Waals surface area (Å²) in [4.78, 5) is 35.1. The van der Waals surface area contributed by atoms with Crippen LogP contribution in [0.4, 0.5) is 5.82 Å². The lowest BCUT2D eigenvalue weighted by Crippen LogP contribution is -2.28. The summed E-state index contributed by atoms with van der Waals surface area (Å²) in [5.41, 5.74) is 0.991. The number of hydrogen-bond donors (Lipinski definition) is 1. The Balaban J connectivity index is 1.40. The number of nitrogens with one attached hydrogen (secondary N) is 1. The first-order valence-electron chi connectivity index (χ1n) is 8.55. The first-order valence-corrected chi connectivity index (χ1v) is 8.55. The van der Waals surface area contributed by atoms with Gasteiger partial charge in [-0.15, -0.1) is 0 Å². The van der Waals surface area contributed by atoms with Crippen LogP contribution in [-0.2, 0) is 16.1 Å². The Bertz CT molecular complexity index is 799. The fraction of sp³-hybridized carbons (Fsp3) is 0.444. The normalized spacial score (nSPS) is 20.1. The Hall–Kier alpha value is -2.70. The van der Waals surface area contributed by atoms with Crippen molar-refractivity contribution in [1.82, 2.24) is 14.9 Å². The van der Waals surface area contributed by atoms with Gasteiger partial charge in [-0.25, -0.2) is 9.97 Å². The molecular weight excluding hydrogens is 320 g/mol. The van der Waals surface area contributed by atoms with Crippen LogP contribution in [0.1, 0.15) is 42.5 Å². The SMILES string of the molecule is Cc1nc(NC(=O)[C@H]2CC(=O)N(Cc3ccco3)C2)cc(C2CC2)n1. The minimum atomic E-state index is -0.373. The molecule has 7 nitrogen and oxygen atoms in total. The zero-order valence-corrected chi connectivity index (χ0v) is 14.1. The number of likely N-dealkylation sites (tertiary alicyclic amines) is 1. The van der Waals surface area contributed by atoms with E-state index in [9.17, 15) is 9.59 Å². The van der Waals surface area contributed by atoms with Crippen LogP contribution in [0.2, 0.25) is 0 Å². The molecule has 2 aromatic rings. The highest BCUT2D eigenvalue weighted by Crippen LogP contribution is 2.39. The molecule has 25 heavy (non-hydrogen) atoms. The summed E-state index contributed by atoms with van der Waals surface area (Å²) < 4.78 is 5.28. The molecule has 0 bridgehead atoms. The number of nitrogens with zero attached hydrogens (tertiary/aromatic N) is 3. The minimum Gasteiger partial charge on any atom is -0.467 e. The summed E-state index contributed by atoms with van der Waals surface area (Å²) in [6.45, 7) is 2.62. The molecule has 1 saturated heterocycles. The fourth-order valence-corrected chi connectivity index (χ4v) is 3.16. The zero-order valence-electron chi connectivity index (χ0n) is 14.1. The van der Waals surface area contributed by atoms with Crippen LogP contribution >= 0.6 is 0 Å². The van der Waals surface area contributed by atoms with E-state index < -0.39 is 0 Å². The molecule has 1 aliphatic carbocycles. The lowest BCUT2D eigenvalue weighted by Gasteiger charge is -2.15. The van der Waals surface area contributed by atoms with Crippen LogP contribution in [-0.4, -0.2) is 33.2 Å². The second-order valence-electron chi connectivity index (χ2n) is 6.74. The first kappa shape index (κ1) is 15.8. The van der Waals surface area contributed by atoms with Gasteiger partial charge in [-0.05, 0) is 31.9 Å². The van der Waals surface area contributed by atoms with Gasteiger partial charge in [0.05, 0.1) is 18.7 Å². The van der Waals surface area contributed by atoms with E-state index in [1.807, 2.05) is 19.1 Å². The lowest BCUT2D eigenvalue weighted by atomic mass is 10.1. The fourth-order valence-electron chi connectivity index (χ4n) is 3.16. The second kappa shape index (κ2) is 6.31. The molecular formula is C18H20N4O3. The molecule has 1 aliphatic heterocycles. The minimum absolute atomic E-state index is 0.0333. The van der Waals surface area contributed by atoms with Gasteiger partial charge in [-0.3, -0.25) is 9.59 Å². The van der Waals surface area contributed by atoms with Crippen molar-refractivity contribution in [3.8, 4) is 0 Å². The van der Waals surface area contributed by atoms with E-state index in [-0.39, 0.29) is 24.2 Å². The molecule has 1 N–H and O–H groups in total. The number of carbonyl (C=O) groups is 2. The maximum Gasteiger partial charge on any atom is 0.230 e. The molecule has 2 amide bonds. The van der Waals surface area contributed by atoms with Crippen molar-refractivity contribution < 1.29 is 14.0 Å². The Labute approximate surface area is 145 Å². The number of aromatic nitrogens is 2. The van der Waals surface area contributed by atoms with Crippen molar-refractivity contribution in [2.45, 2.75) is 38.6 Å². The largest absolute Gasteiger partial charge is 0.467 e. The van der Waals surface area contributed by atoms with Crippen molar-refractivity contribution in [1.29, 1.82) is 0 Å². The third-order valence-corrected chi connectivity index (χ3v) is 4.62. The predicted octanol–water partition coefficient (Wildman–Crippen LogP) is 2.24. The van der Waals surface area contributed by atoms with E-state index in [0.29, 0.717) is 30.6 Å². The lowest BCUT2D eigenvalue weighted by molar-refractivity contribution is -0.128. The van der Waals surface area contributed by atoms with E-state index in [1.165, 1.54) is 0 Å². The van der Waals surface area contributed by atoms with Crippen LogP contribution in [0.3, 0.4) is 0 Å². The van der Waals surface area contributed by atoms with Crippen LogP contribution in [0.5, 0.6) is 0 Å². The molecule has 7 heteroatoms. The molecule has 0 unspecified atom stereocenters. The van der Waals surface area contributed by atoms with Gasteiger partial charge >= 0.3 is 0 Å². The predicted molar refractivity (Wildman–Crippen MR) is 89.6 cm³/mol. The van der Waals surface area contributed by atoms with Crippen molar-refractivity contribution in [3.63, 3.8) is 0 Å². The van der Waals surface area contributed by atoms with Crippen molar-refractivity contribution in [2.24, 2.45) is 5.92 Å². The molecule has 1 atom stereocenters. The maximum atomic E-state index is 12.5. The molecule has 2 aliphatic rings. The Morgan fingerprint density at radius 3 is 2.96 bits per heavy atom. The smallest absolute Gasteiger partial charge is 0.230 e. The molecule has 2 aromatic heterocycles. The Morgan fingerprint density at radius 1 is 1.40 bits per heavy atom. The van der Waals surface area contributed by atoms with Crippen molar-refractivity contribution in [3.05, 3.63) is 41.7 Å². The van der Waals surface area contributed by atoms with Gasteiger partial charge in [0.25, 0.3) is 0 Å². The van der Waals surface area contributed by atoms with Gasteiger partial charge < -0.3 is 14.6 Å². The third-order valence-electron chi connectivity index (χ3n) is 4.62. The van der Waals surface area contributed by atoms with Gasteiger partial charge in [0.1, 0.15) is 17.4 Å². The second-order valence-corrected chi connectivity index (χ2v) is 6.74. The molecule has 0 aromatic carbocycles. The zero-order chi connectivity index (χ0) is 17.4. The van der Waals surface area contributed by atoms with Crippen LogP contribution < -0.4 is 5.32 Å². The Morgan fingerprint density at radius 2 is 2.24 bits per heavy atom. The maximum absolute atomic E-state index is 12.5. The average molecular weight is 340 g/mol. The standard InChI is InChI=1S/C18H20N4O3/c1-11-19-15(12-4-5-12)8-16(20-11)21-18(24)13-7-17(23)22(9-13)10-14-3-2-6-25-14/h2-3,6,8,12-13H,4-5,7,9-10H2,1H3,(H,19,20,21,24)/t13-/m0/s1. The van der Waals surface area contributed by atoms with E-state index in [0.717, 1.165) is 24.3 Å².